The fourth-order valence-corrected chi connectivity index (χ4v) is 5.49. The predicted molar refractivity (Wildman–Crippen MR) is 81.2 cm³/mol. The van der Waals surface area contributed by atoms with Crippen molar-refractivity contribution in [3.63, 3.8) is 0 Å². The van der Waals surface area contributed by atoms with Crippen LogP contribution in [-0.4, -0.2) is 21.2 Å². The molecule has 18 heavy (non-hydrogen) atoms. The molecule has 0 heterocycles. The van der Waals surface area contributed by atoms with Crippen molar-refractivity contribution < 1.29 is 0 Å². The van der Waals surface area contributed by atoms with Crippen LogP contribution < -0.4 is 10.1 Å². The van der Waals surface area contributed by atoms with Crippen LogP contribution in [0.5, 0.6) is 0 Å². The van der Waals surface area contributed by atoms with Gasteiger partial charge in [-0.25, -0.2) is 0 Å². The zero-order chi connectivity index (χ0) is 12.6. The standard InChI is InChI=1S/C16H18AsN/c18-14-13-17(16-9-5-2-6-10-16)12-11-15-7-3-1-4-8-15/h1-12H,13-14,18H2. The molecule has 1 nitrogen and oxygen atoms in total. The van der Waals surface area contributed by atoms with Crippen LogP contribution >= 0.6 is 0 Å². The van der Waals surface area contributed by atoms with Crippen LogP contribution in [0.25, 0.3) is 6.08 Å². The molecule has 2 N–H and O–H groups in total. The summed E-state index contributed by atoms with van der Waals surface area (Å²) in [5.74, 6) is 0. The van der Waals surface area contributed by atoms with E-state index in [0.717, 1.165) is 11.8 Å². The summed E-state index contributed by atoms with van der Waals surface area (Å²) in [5.41, 5.74) is 7.01. The third-order valence-corrected chi connectivity index (χ3v) is 7.34. The topological polar surface area (TPSA) is 26.0 Å². The number of rotatable bonds is 5. The molecule has 0 aliphatic rings. The van der Waals surface area contributed by atoms with Gasteiger partial charge in [-0.3, -0.25) is 0 Å². The van der Waals surface area contributed by atoms with E-state index in [0.29, 0.717) is 0 Å². The second-order valence-electron chi connectivity index (χ2n) is 4.04. The van der Waals surface area contributed by atoms with E-state index in [2.05, 4.69) is 65.5 Å². The summed E-state index contributed by atoms with van der Waals surface area (Å²) in [6.07, 6.45) is 2.24. The van der Waals surface area contributed by atoms with Crippen LogP contribution in [0.2, 0.25) is 5.21 Å². The molecule has 0 aliphatic heterocycles. The molecule has 2 rings (SSSR count). The van der Waals surface area contributed by atoms with Crippen molar-refractivity contribution in [3.8, 4) is 0 Å². The van der Waals surface area contributed by atoms with E-state index in [1.54, 1.807) is 0 Å². The van der Waals surface area contributed by atoms with Gasteiger partial charge in [0.1, 0.15) is 0 Å². The molecule has 0 saturated heterocycles. The second kappa shape index (κ2) is 7.20. The third-order valence-electron chi connectivity index (χ3n) is 2.70. The summed E-state index contributed by atoms with van der Waals surface area (Å²) in [4.78, 5) is 2.39. The van der Waals surface area contributed by atoms with Crippen LogP contribution in [0.1, 0.15) is 5.56 Å². The molecule has 0 spiro atoms. The maximum absolute atomic E-state index is 5.74. The van der Waals surface area contributed by atoms with Crippen molar-refractivity contribution in [2.45, 2.75) is 5.21 Å². The summed E-state index contributed by atoms with van der Waals surface area (Å²) in [7, 11) is 0. The van der Waals surface area contributed by atoms with Gasteiger partial charge in [0, 0.05) is 0 Å². The van der Waals surface area contributed by atoms with Gasteiger partial charge in [0.15, 0.2) is 0 Å². The Hall–Kier alpha value is -1.30. The van der Waals surface area contributed by atoms with Crippen LogP contribution in [-0.2, 0) is 0 Å². The van der Waals surface area contributed by atoms with Crippen LogP contribution in [0.3, 0.4) is 0 Å². The van der Waals surface area contributed by atoms with E-state index in [4.69, 9.17) is 5.73 Å². The Labute approximate surface area is 114 Å². The SMILES string of the molecule is NCC[As](C=Cc1ccccc1)c1ccccc1. The molecule has 0 fully saturated rings. The number of hydrogen-bond acceptors (Lipinski definition) is 1. The zero-order valence-electron chi connectivity index (χ0n) is 10.4. The van der Waals surface area contributed by atoms with Gasteiger partial charge in [-0.2, -0.15) is 0 Å². The van der Waals surface area contributed by atoms with Crippen LogP contribution in [0.15, 0.2) is 65.5 Å². The second-order valence-corrected chi connectivity index (χ2v) is 8.66. The molecule has 0 bridgehead atoms. The van der Waals surface area contributed by atoms with Crippen LogP contribution in [0, 0.1) is 0 Å². The Balaban J connectivity index is 2.14. The average Bonchev–Trinajstić information content (AvgIpc) is 2.45. The van der Waals surface area contributed by atoms with Crippen molar-refractivity contribution in [2.24, 2.45) is 5.73 Å². The van der Waals surface area contributed by atoms with E-state index in [-0.39, 0.29) is 0 Å². The fraction of sp³-hybridized carbons (Fsp3) is 0.125. The summed E-state index contributed by atoms with van der Waals surface area (Å²) in [6.45, 7) is 0.772. The molecule has 0 amide bonds. The van der Waals surface area contributed by atoms with Gasteiger partial charge in [-0.1, -0.05) is 0 Å². The minimum absolute atomic E-state index is 0.772. The molecule has 0 saturated carbocycles. The van der Waals surface area contributed by atoms with E-state index < -0.39 is 14.7 Å². The quantitative estimate of drug-likeness (QED) is 0.844. The maximum atomic E-state index is 5.74. The van der Waals surface area contributed by atoms with E-state index in [1.165, 1.54) is 9.91 Å². The molecule has 1 atom stereocenters. The molecule has 2 heteroatoms. The first-order chi connectivity index (χ1) is 8.90. The molecule has 1 unspecified atom stereocenters. The van der Waals surface area contributed by atoms with Gasteiger partial charge in [0.2, 0.25) is 0 Å². The number of benzene rings is 2. The molecule has 92 valence electrons. The predicted octanol–water partition coefficient (Wildman–Crippen LogP) is 2.60. The molecule has 0 radical (unpaired) electrons. The van der Waals surface area contributed by atoms with Gasteiger partial charge in [0.25, 0.3) is 0 Å². The van der Waals surface area contributed by atoms with Crippen molar-refractivity contribution in [1.29, 1.82) is 0 Å². The normalized spacial score (nSPS) is 12.7. The zero-order valence-corrected chi connectivity index (χ0v) is 12.2. The third kappa shape index (κ3) is 3.87. The first-order valence-electron chi connectivity index (χ1n) is 6.15. The first kappa shape index (κ1) is 13.1. The summed E-state index contributed by atoms with van der Waals surface area (Å²) >= 11 is -1.14. The van der Waals surface area contributed by atoms with E-state index in [1.807, 2.05) is 6.07 Å². The van der Waals surface area contributed by atoms with E-state index >= 15 is 0 Å². The van der Waals surface area contributed by atoms with Gasteiger partial charge >= 0.3 is 114 Å². The van der Waals surface area contributed by atoms with Gasteiger partial charge in [-0.05, 0) is 0 Å². The molecular weight excluding hydrogens is 281 g/mol. The summed E-state index contributed by atoms with van der Waals surface area (Å²) in [6, 6.07) is 21.2. The number of hydrogen-bond donors (Lipinski definition) is 1. The molecule has 0 aromatic heterocycles. The summed E-state index contributed by atoms with van der Waals surface area (Å²) in [5, 5.41) is 1.13. The Bertz CT molecular complexity index is 479. The minimum atomic E-state index is -1.14. The molecule has 2 aromatic rings. The molecular formula is C16H18AsN. The Morgan fingerprint density at radius 2 is 1.50 bits per heavy atom. The summed E-state index contributed by atoms with van der Waals surface area (Å²) < 4.78 is 1.47. The van der Waals surface area contributed by atoms with Crippen molar-refractivity contribution >= 4 is 25.1 Å². The Morgan fingerprint density at radius 3 is 2.11 bits per heavy atom. The monoisotopic (exact) mass is 299 g/mol. The Kier molecular flexibility index (Phi) is 5.26. The van der Waals surface area contributed by atoms with E-state index in [9.17, 15) is 0 Å². The van der Waals surface area contributed by atoms with Crippen molar-refractivity contribution in [1.82, 2.24) is 0 Å². The van der Waals surface area contributed by atoms with Crippen LogP contribution in [0.4, 0.5) is 0 Å². The average molecular weight is 299 g/mol. The fourth-order valence-electron chi connectivity index (χ4n) is 1.79. The Morgan fingerprint density at radius 1 is 0.889 bits per heavy atom. The van der Waals surface area contributed by atoms with Crippen molar-refractivity contribution in [2.75, 3.05) is 6.54 Å². The van der Waals surface area contributed by atoms with Gasteiger partial charge < -0.3 is 0 Å². The van der Waals surface area contributed by atoms with Gasteiger partial charge in [-0.15, -0.1) is 0 Å². The van der Waals surface area contributed by atoms with Crippen molar-refractivity contribution in [3.05, 3.63) is 71.1 Å². The molecule has 2 aromatic carbocycles. The first-order valence-corrected chi connectivity index (χ1v) is 9.50. The van der Waals surface area contributed by atoms with Gasteiger partial charge in [0.05, 0.1) is 0 Å². The number of nitrogens with two attached hydrogens (primary N) is 1. The molecule has 0 aliphatic carbocycles.